The lowest BCUT2D eigenvalue weighted by molar-refractivity contribution is 0.180. The van der Waals surface area contributed by atoms with Gasteiger partial charge in [-0.15, -0.1) is 0 Å². The lowest BCUT2D eigenvalue weighted by Crippen LogP contribution is -2.38. The van der Waals surface area contributed by atoms with Crippen LogP contribution in [-0.2, 0) is 14.8 Å². The fourth-order valence-electron chi connectivity index (χ4n) is 2.03. The summed E-state index contributed by atoms with van der Waals surface area (Å²) in [7, 11) is -3.53. The zero-order valence-corrected chi connectivity index (χ0v) is 14.4. The molecule has 106 valence electrons. The zero-order chi connectivity index (χ0) is 14.0. The van der Waals surface area contributed by atoms with E-state index in [1.807, 2.05) is 6.92 Å². The van der Waals surface area contributed by atoms with Gasteiger partial charge >= 0.3 is 0 Å². The van der Waals surface area contributed by atoms with E-state index in [0.29, 0.717) is 17.7 Å². The van der Waals surface area contributed by atoms with Crippen molar-refractivity contribution in [1.29, 1.82) is 0 Å². The molecule has 1 aliphatic heterocycles. The fourth-order valence-corrected chi connectivity index (χ4v) is 4.85. The molecule has 2 unspecified atom stereocenters. The molecule has 0 spiro atoms. The van der Waals surface area contributed by atoms with Crippen LogP contribution in [0.15, 0.2) is 32.0 Å². The van der Waals surface area contributed by atoms with Crippen molar-refractivity contribution in [1.82, 2.24) is 4.72 Å². The molecule has 0 bridgehead atoms. The second-order valence-electron chi connectivity index (χ2n) is 4.61. The second kappa shape index (κ2) is 6.22. The van der Waals surface area contributed by atoms with Crippen LogP contribution in [0, 0.1) is 5.92 Å². The average molecular weight is 413 g/mol. The SMILES string of the molecule is CC(NS(=O)(=O)c1cc(Br)ccc1Br)C1CCOC1. The molecule has 0 aromatic heterocycles. The van der Waals surface area contributed by atoms with E-state index in [-0.39, 0.29) is 16.9 Å². The van der Waals surface area contributed by atoms with Crippen LogP contribution >= 0.6 is 31.9 Å². The first-order valence-corrected chi connectivity index (χ1v) is 9.02. The van der Waals surface area contributed by atoms with E-state index in [1.165, 1.54) is 0 Å². The van der Waals surface area contributed by atoms with E-state index in [9.17, 15) is 8.42 Å². The average Bonchev–Trinajstić information content (AvgIpc) is 2.85. The molecule has 4 nitrogen and oxygen atoms in total. The topological polar surface area (TPSA) is 55.4 Å². The maximum atomic E-state index is 12.4. The molecule has 2 atom stereocenters. The van der Waals surface area contributed by atoms with Crippen LogP contribution in [0.2, 0.25) is 0 Å². The molecule has 7 heteroatoms. The third kappa shape index (κ3) is 3.78. The molecule has 0 saturated carbocycles. The Morgan fingerprint density at radius 1 is 1.42 bits per heavy atom. The Morgan fingerprint density at radius 3 is 2.79 bits per heavy atom. The van der Waals surface area contributed by atoms with Gasteiger partial charge in [-0.3, -0.25) is 0 Å². The van der Waals surface area contributed by atoms with Crippen molar-refractivity contribution >= 4 is 41.9 Å². The maximum absolute atomic E-state index is 12.4. The number of hydrogen-bond acceptors (Lipinski definition) is 3. The van der Waals surface area contributed by atoms with E-state index < -0.39 is 10.0 Å². The number of sulfonamides is 1. The summed E-state index contributed by atoms with van der Waals surface area (Å²) < 4.78 is 34.0. The summed E-state index contributed by atoms with van der Waals surface area (Å²) in [5.41, 5.74) is 0. The van der Waals surface area contributed by atoms with Gasteiger partial charge in [-0.05, 0) is 47.5 Å². The van der Waals surface area contributed by atoms with E-state index in [2.05, 4.69) is 36.6 Å². The van der Waals surface area contributed by atoms with Crippen molar-refractivity contribution in [3.63, 3.8) is 0 Å². The number of hydrogen-bond donors (Lipinski definition) is 1. The molecule has 1 aromatic carbocycles. The molecule has 19 heavy (non-hydrogen) atoms. The predicted molar refractivity (Wildman–Crippen MR) is 80.6 cm³/mol. The third-order valence-corrected chi connectivity index (χ3v) is 6.24. The molecule has 1 aromatic rings. The van der Waals surface area contributed by atoms with Crippen LogP contribution in [0.3, 0.4) is 0 Å². The quantitative estimate of drug-likeness (QED) is 0.827. The molecule has 1 saturated heterocycles. The minimum absolute atomic E-state index is 0.140. The van der Waals surface area contributed by atoms with Crippen LogP contribution in [0.5, 0.6) is 0 Å². The highest BCUT2D eigenvalue weighted by Gasteiger charge is 2.27. The molecule has 1 heterocycles. The predicted octanol–water partition coefficient (Wildman–Crippen LogP) is 2.91. The largest absolute Gasteiger partial charge is 0.381 e. The smallest absolute Gasteiger partial charge is 0.241 e. The van der Waals surface area contributed by atoms with Gasteiger partial charge in [0, 0.05) is 27.5 Å². The monoisotopic (exact) mass is 411 g/mol. The Labute approximate surface area is 130 Å². The number of rotatable bonds is 4. The number of ether oxygens (including phenoxy) is 1. The first-order valence-electron chi connectivity index (χ1n) is 5.95. The minimum Gasteiger partial charge on any atom is -0.381 e. The summed E-state index contributed by atoms with van der Waals surface area (Å²) in [6.45, 7) is 3.20. The van der Waals surface area contributed by atoms with Crippen LogP contribution in [0.1, 0.15) is 13.3 Å². The first-order chi connectivity index (χ1) is 8.90. The van der Waals surface area contributed by atoms with E-state index in [1.54, 1.807) is 18.2 Å². The lowest BCUT2D eigenvalue weighted by atomic mass is 10.0. The molecule has 1 aliphatic rings. The highest BCUT2D eigenvalue weighted by molar-refractivity contribution is 9.11. The second-order valence-corrected chi connectivity index (χ2v) is 8.06. The van der Waals surface area contributed by atoms with Gasteiger partial charge in [0.25, 0.3) is 0 Å². The van der Waals surface area contributed by atoms with Crippen LogP contribution < -0.4 is 4.72 Å². The van der Waals surface area contributed by atoms with Crippen LogP contribution in [0.25, 0.3) is 0 Å². The van der Waals surface area contributed by atoms with Gasteiger partial charge in [0.15, 0.2) is 0 Å². The Morgan fingerprint density at radius 2 is 2.16 bits per heavy atom. The lowest BCUT2D eigenvalue weighted by Gasteiger charge is -2.19. The maximum Gasteiger partial charge on any atom is 0.241 e. The van der Waals surface area contributed by atoms with Crippen molar-refractivity contribution in [3.05, 3.63) is 27.1 Å². The minimum atomic E-state index is -3.53. The Balaban J connectivity index is 2.19. The van der Waals surface area contributed by atoms with Crippen LogP contribution in [0.4, 0.5) is 0 Å². The number of nitrogens with one attached hydrogen (secondary N) is 1. The molecular formula is C12H15Br2NO3S. The van der Waals surface area contributed by atoms with E-state index in [0.717, 1.165) is 10.9 Å². The van der Waals surface area contributed by atoms with Gasteiger partial charge in [0.2, 0.25) is 10.0 Å². The normalized spacial score (nSPS) is 21.5. The van der Waals surface area contributed by atoms with Crippen LogP contribution in [-0.4, -0.2) is 27.7 Å². The molecule has 2 rings (SSSR count). The van der Waals surface area contributed by atoms with Crippen molar-refractivity contribution in [3.8, 4) is 0 Å². The third-order valence-electron chi connectivity index (χ3n) is 3.20. The summed E-state index contributed by atoms with van der Waals surface area (Å²) in [6.07, 6.45) is 0.892. The fraction of sp³-hybridized carbons (Fsp3) is 0.500. The summed E-state index contributed by atoms with van der Waals surface area (Å²) in [5.74, 6) is 0.237. The highest BCUT2D eigenvalue weighted by Crippen LogP contribution is 2.26. The van der Waals surface area contributed by atoms with Crippen molar-refractivity contribution in [2.24, 2.45) is 5.92 Å². The Bertz CT molecular complexity index is 556. The van der Waals surface area contributed by atoms with Gasteiger partial charge in [-0.2, -0.15) is 0 Å². The standard InChI is InChI=1S/C12H15Br2NO3S/c1-8(9-4-5-18-7-9)15-19(16,17)12-6-10(13)2-3-11(12)14/h2-3,6,8-9,15H,4-5,7H2,1H3. The van der Waals surface area contributed by atoms with Gasteiger partial charge in [-0.25, -0.2) is 13.1 Å². The van der Waals surface area contributed by atoms with E-state index in [4.69, 9.17) is 4.74 Å². The summed E-state index contributed by atoms with van der Waals surface area (Å²) in [4.78, 5) is 0.243. The number of halogens is 2. The van der Waals surface area contributed by atoms with Gasteiger partial charge in [0.05, 0.1) is 11.5 Å². The number of benzene rings is 1. The Hall–Kier alpha value is 0.0500. The van der Waals surface area contributed by atoms with Crippen molar-refractivity contribution in [2.75, 3.05) is 13.2 Å². The van der Waals surface area contributed by atoms with E-state index >= 15 is 0 Å². The molecular weight excluding hydrogens is 398 g/mol. The summed E-state index contributed by atoms with van der Waals surface area (Å²) in [5, 5.41) is 0. The first kappa shape index (κ1) is 15.4. The van der Waals surface area contributed by atoms with Gasteiger partial charge < -0.3 is 4.74 Å². The molecule has 0 amide bonds. The van der Waals surface area contributed by atoms with Crippen molar-refractivity contribution < 1.29 is 13.2 Å². The van der Waals surface area contributed by atoms with Crippen molar-refractivity contribution in [2.45, 2.75) is 24.3 Å². The molecule has 1 N–H and O–H groups in total. The summed E-state index contributed by atoms with van der Waals surface area (Å²) >= 11 is 6.56. The Kier molecular flexibility index (Phi) is 5.05. The summed E-state index contributed by atoms with van der Waals surface area (Å²) in [6, 6.07) is 4.95. The molecule has 0 aliphatic carbocycles. The zero-order valence-electron chi connectivity index (χ0n) is 10.4. The molecule has 1 fully saturated rings. The highest BCUT2D eigenvalue weighted by atomic mass is 79.9. The van der Waals surface area contributed by atoms with Gasteiger partial charge in [-0.1, -0.05) is 15.9 Å². The molecule has 0 radical (unpaired) electrons. The van der Waals surface area contributed by atoms with Gasteiger partial charge in [0.1, 0.15) is 0 Å².